The minimum absolute atomic E-state index is 0.0782. The van der Waals surface area contributed by atoms with Crippen molar-refractivity contribution in [1.82, 2.24) is 30.3 Å². The van der Waals surface area contributed by atoms with Crippen molar-refractivity contribution in [3.8, 4) is 0 Å². The van der Waals surface area contributed by atoms with E-state index < -0.39 is 12.1 Å². The topological polar surface area (TPSA) is 129 Å². The highest BCUT2D eigenvalue weighted by atomic mass is 32.2. The van der Waals surface area contributed by atoms with Gasteiger partial charge in [0.15, 0.2) is 0 Å². The van der Waals surface area contributed by atoms with Crippen molar-refractivity contribution in [3.63, 3.8) is 0 Å². The Morgan fingerprint density at radius 2 is 1.72 bits per heavy atom. The summed E-state index contributed by atoms with van der Waals surface area (Å²) in [4.78, 5) is 56.1. The summed E-state index contributed by atoms with van der Waals surface area (Å²) in [6.07, 6.45) is 4.42. The van der Waals surface area contributed by atoms with E-state index in [1.54, 1.807) is 34.4 Å². The summed E-state index contributed by atoms with van der Waals surface area (Å²) in [6, 6.07) is 18.2. The van der Waals surface area contributed by atoms with Crippen molar-refractivity contribution in [2.45, 2.75) is 64.2 Å². The highest BCUT2D eigenvalue weighted by Crippen LogP contribution is 2.20. The maximum atomic E-state index is 14.2. The molecule has 0 spiro atoms. The first kappa shape index (κ1) is 42.5. The fraction of sp³-hybridized carbons (Fsp3) is 0.475. The first-order chi connectivity index (χ1) is 26.1. The Balaban J connectivity index is 1.50. The van der Waals surface area contributed by atoms with E-state index in [0.29, 0.717) is 64.6 Å². The molecule has 0 saturated carbocycles. The molecule has 1 fully saturated rings. The molecule has 54 heavy (non-hydrogen) atoms. The number of nitrogens with one attached hydrogen (secondary N) is 2. The second-order valence-electron chi connectivity index (χ2n) is 13.6. The van der Waals surface area contributed by atoms with Crippen LogP contribution in [0.5, 0.6) is 0 Å². The van der Waals surface area contributed by atoms with Gasteiger partial charge in [-0.1, -0.05) is 74.5 Å². The molecule has 2 heterocycles. The number of urea groups is 1. The van der Waals surface area contributed by atoms with Crippen LogP contribution in [0.2, 0.25) is 0 Å². The number of hydrogen-bond donors (Lipinski definition) is 2. The molecule has 14 heteroatoms. The van der Waals surface area contributed by atoms with E-state index in [1.807, 2.05) is 72.3 Å². The number of thioether (sulfide) groups is 1. The van der Waals surface area contributed by atoms with Gasteiger partial charge in [-0.25, -0.2) is 14.6 Å². The lowest BCUT2D eigenvalue weighted by Crippen LogP contribution is -2.54. The highest BCUT2D eigenvalue weighted by Gasteiger charge is 2.27. The number of morpholine rings is 1. The van der Waals surface area contributed by atoms with Crippen LogP contribution in [0.1, 0.15) is 54.4 Å². The van der Waals surface area contributed by atoms with Crippen LogP contribution in [0.15, 0.2) is 82.1 Å². The van der Waals surface area contributed by atoms with Crippen molar-refractivity contribution < 1.29 is 23.9 Å². The van der Waals surface area contributed by atoms with Gasteiger partial charge in [-0.2, -0.15) is 0 Å². The van der Waals surface area contributed by atoms with Crippen molar-refractivity contribution in [3.05, 3.63) is 99.0 Å². The Hall–Kier alpha value is -4.24. The van der Waals surface area contributed by atoms with E-state index in [9.17, 15) is 14.4 Å². The molecule has 1 aliphatic rings. The summed E-state index contributed by atoms with van der Waals surface area (Å²) < 4.78 is 11.2. The number of hydrogen-bond acceptors (Lipinski definition) is 10. The van der Waals surface area contributed by atoms with Crippen molar-refractivity contribution in [2.24, 2.45) is 4.99 Å². The number of benzene rings is 2. The van der Waals surface area contributed by atoms with Gasteiger partial charge in [-0.3, -0.25) is 14.7 Å². The maximum Gasteiger partial charge on any atom is 0.410 e. The Morgan fingerprint density at radius 1 is 1.04 bits per heavy atom. The van der Waals surface area contributed by atoms with E-state index in [2.05, 4.69) is 46.1 Å². The van der Waals surface area contributed by atoms with Gasteiger partial charge in [-0.05, 0) is 43.4 Å². The predicted molar refractivity (Wildman–Crippen MR) is 218 cm³/mol. The molecule has 2 atom stereocenters. The second-order valence-corrected chi connectivity index (χ2v) is 15.4. The zero-order valence-electron chi connectivity index (χ0n) is 31.9. The molecule has 4 amide bonds. The van der Waals surface area contributed by atoms with Gasteiger partial charge >= 0.3 is 12.1 Å². The lowest BCUT2D eigenvalue weighted by Gasteiger charge is -2.30. The Labute approximate surface area is 328 Å². The fourth-order valence-corrected chi connectivity index (χ4v) is 7.07. The molecule has 0 aliphatic carbocycles. The molecular weight excluding hydrogens is 723 g/mol. The first-order valence-corrected chi connectivity index (χ1v) is 20.5. The number of ether oxygens (including phenoxy) is 2. The van der Waals surface area contributed by atoms with Crippen LogP contribution in [0.25, 0.3) is 0 Å². The standard InChI is InChI=1S/C40H55N7O5S2/c1-30(2)38-43-34(29-54-38)27-45(4)39(49)44-36(17-18-46-20-22-51-23-21-46)37(48)42-33(24-31-12-8-6-9-13-31)16-19-47(26-32-14-10-7-11-15-32)40(50)52-28-35(53-5)25-41-3/h6-15,25,29-30,33,36H,3,16-24,26-28H2,1-2,4-5H3,(H,42,48)(H,44,49)/b35-25-/t33-,36+/m1/s1. The molecule has 12 nitrogen and oxygen atoms in total. The monoisotopic (exact) mass is 777 g/mol. The Morgan fingerprint density at radius 3 is 2.35 bits per heavy atom. The van der Waals surface area contributed by atoms with Crippen molar-refractivity contribution in [1.29, 1.82) is 0 Å². The summed E-state index contributed by atoms with van der Waals surface area (Å²) in [7, 11) is 1.71. The normalized spacial score (nSPS) is 14.6. The van der Waals surface area contributed by atoms with E-state index in [1.165, 1.54) is 11.8 Å². The molecule has 1 aliphatic heterocycles. The van der Waals surface area contributed by atoms with E-state index in [4.69, 9.17) is 9.47 Å². The van der Waals surface area contributed by atoms with Crippen LogP contribution in [0.3, 0.4) is 0 Å². The molecular formula is C40H55N7O5S2. The molecule has 1 saturated heterocycles. The summed E-state index contributed by atoms with van der Waals surface area (Å²) >= 11 is 3.03. The smallest absolute Gasteiger partial charge is 0.410 e. The van der Waals surface area contributed by atoms with Crippen LogP contribution in [0.4, 0.5) is 9.59 Å². The van der Waals surface area contributed by atoms with Crippen LogP contribution in [-0.2, 0) is 33.8 Å². The third kappa shape index (κ3) is 14.5. The van der Waals surface area contributed by atoms with E-state index >= 15 is 0 Å². The molecule has 3 aromatic rings. The second kappa shape index (κ2) is 22.9. The predicted octanol–water partition coefficient (Wildman–Crippen LogP) is 6.16. The number of amides is 4. The van der Waals surface area contributed by atoms with E-state index in [0.717, 1.165) is 39.8 Å². The molecule has 0 unspecified atom stereocenters. The minimum atomic E-state index is -0.789. The zero-order chi connectivity index (χ0) is 38.7. The third-order valence-electron chi connectivity index (χ3n) is 8.99. The lowest BCUT2D eigenvalue weighted by atomic mass is 10.0. The molecule has 4 rings (SSSR count). The number of nitrogens with zero attached hydrogens (tertiary/aromatic N) is 5. The number of thiazole rings is 1. The first-order valence-electron chi connectivity index (χ1n) is 18.4. The average Bonchev–Trinajstić information content (AvgIpc) is 3.66. The van der Waals surface area contributed by atoms with Gasteiger partial charge in [0.25, 0.3) is 0 Å². The maximum absolute atomic E-state index is 14.2. The quantitative estimate of drug-likeness (QED) is 0.131. The van der Waals surface area contributed by atoms with Crippen molar-refractivity contribution in [2.75, 3.05) is 59.3 Å². The van der Waals surface area contributed by atoms with E-state index in [-0.39, 0.29) is 24.6 Å². The zero-order valence-corrected chi connectivity index (χ0v) is 33.6. The van der Waals surface area contributed by atoms with Gasteiger partial charge in [0, 0.05) is 68.2 Å². The van der Waals surface area contributed by atoms with Crippen LogP contribution in [0, 0.1) is 0 Å². The molecule has 2 N–H and O–H groups in total. The molecule has 0 radical (unpaired) electrons. The van der Waals surface area contributed by atoms with Crippen LogP contribution in [-0.4, -0.2) is 116 Å². The van der Waals surface area contributed by atoms with Crippen LogP contribution >= 0.6 is 23.1 Å². The molecule has 0 bridgehead atoms. The third-order valence-corrected chi connectivity index (χ3v) is 10.9. The molecule has 2 aromatic carbocycles. The Kier molecular flexibility index (Phi) is 18.0. The highest BCUT2D eigenvalue weighted by molar-refractivity contribution is 8.02. The fourth-order valence-electron chi connectivity index (χ4n) is 5.89. The summed E-state index contributed by atoms with van der Waals surface area (Å²) in [5.74, 6) is 0.0339. The minimum Gasteiger partial charge on any atom is -0.444 e. The number of aliphatic imine (C=N–C) groups is 1. The summed E-state index contributed by atoms with van der Waals surface area (Å²) in [6.45, 7) is 12.2. The number of carbonyl (C=O) groups excluding carboxylic acids is 3. The van der Waals surface area contributed by atoms with Gasteiger partial charge < -0.3 is 29.9 Å². The SMILES string of the molecule is C=N/C=C(/COC(=O)N(CC[C@H](Cc1ccccc1)NC(=O)[C@H](CCN1CCOCC1)NC(=O)N(C)Cc1csc(C(C)C)n1)Cc1ccccc1)SC. The average molecular weight is 778 g/mol. The summed E-state index contributed by atoms with van der Waals surface area (Å²) in [5.41, 5.74) is 2.82. The number of aromatic nitrogens is 1. The summed E-state index contributed by atoms with van der Waals surface area (Å²) in [5, 5.41) is 9.28. The Bertz CT molecular complexity index is 1630. The largest absolute Gasteiger partial charge is 0.444 e. The number of rotatable bonds is 20. The molecule has 292 valence electrons. The van der Waals surface area contributed by atoms with Crippen LogP contribution < -0.4 is 10.6 Å². The number of carbonyl (C=O) groups is 3. The van der Waals surface area contributed by atoms with Gasteiger partial charge in [0.05, 0.1) is 30.5 Å². The van der Waals surface area contributed by atoms with Gasteiger partial charge in [0.2, 0.25) is 5.91 Å². The van der Waals surface area contributed by atoms with Gasteiger partial charge in [-0.15, -0.1) is 23.1 Å². The molecule has 1 aromatic heterocycles. The van der Waals surface area contributed by atoms with Crippen molar-refractivity contribution >= 4 is 47.8 Å². The van der Waals surface area contributed by atoms with Gasteiger partial charge in [0.1, 0.15) is 12.6 Å². The lowest BCUT2D eigenvalue weighted by molar-refractivity contribution is -0.124.